The van der Waals surface area contributed by atoms with Gasteiger partial charge < -0.3 is 15.4 Å². The molecule has 0 spiro atoms. The van der Waals surface area contributed by atoms with Gasteiger partial charge in [0.1, 0.15) is 0 Å². The van der Waals surface area contributed by atoms with Crippen LogP contribution in [0, 0.1) is 0 Å². The second kappa shape index (κ2) is 6.85. The Bertz CT molecular complexity index is 367. The molecule has 0 aliphatic rings. The number of nitrogens with zero attached hydrogens (tertiary/aromatic N) is 1. The fraction of sp³-hybridized carbons (Fsp3) is 0.500. The zero-order valence-corrected chi connectivity index (χ0v) is 10.5. The number of aromatic nitrogens is 1. The number of hydrogen-bond donors (Lipinski definition) is 2. The van der Waals surface area contributed by atoms with Crippen LogP contribution < -0.4 is 10.6 Å². The molecule has 17 heavy (non-hydrogen) atoms. The highest BCUT2D eigenvalue weighted by atomic mass is 16.5. The first-order chi connectivity index (χ1) is 8.15. The topological polar surface area (TPSA) is 63.2 Å². The van der Waals surface area contributed by atoms with Crippen molar-refractivity contribution in [2.24, 2.45) is 0 Å². The van der Waals surface area contributed by atoms with E-state index in [1.54, 1.807) is 25.5 Å². The second-order valence-electron chi connectivity index (χ2n) is 3.85. The number of amides is 1. The van der Waals surface area contributed by atoms with Crippen LogP contribution in [0.4, 0.5) is 5.69 Å². The zero-order valence-electron chi connectivity index (χ0n) is 10.5. The summed E-state index contributed by atoms with van der Waals surface area (Å²) in [6, 6.07) is 1.68. The molecule has 2 N–H and O–H groups in total. The molecule has 0 saturated carbocycles. The van der Waals surface area contributed by atoms with Crippen molar-refractivity contribution >= 4 is 11.6 Å². The molecule has 1 heterocycles. The minimum atomic E-state index is -0.121. The number of nitrogens with one attached hydrogen (secondary N) is 2. The lowest BCUT2D eigenvalue weighted by Crippen LogP contribution is -2.28. The zero-order chi connectivity index (χ0) is 12.7. The predicted octanol–water partition coefficient (Wildman–Crippen LogP) is 1.28. The summed E-state index contributed by atoms with van der Waals surface area (Å²) < 4.78 is 5.34. The molecule has 0 atom stereocenters. The summed E-state index contributed by atoms with van der Waals surface area (Å²) in [6.07, 6.45) is 3.40. The minimum absolute atomic E-state index is 0.121. The molecule has 0 unspecified atom stereocenters. The number of hydrogen-bond acceptors (Lipinski definition) is 4. The van der Waals surface area contributed by atoms with Crippen molar-refractivity contribution in [1.82, 2.24) is 10.3 Å². The Kier molecular flexibility index (Phi) is 5.42. The van der Waals surface area contributed by atoms with Crippen molar-refractivity contribution in [3.63, 3.8) is 0 Å². The second-order valence-corrected chi connectivity index (χ2v) is 3.85. The Balaban J connectivity index is 2.47. The van der Waals surface area contributed by atoms with E-state index in [0.29, 0.717) is 18.7 Å². The van der Waals surface area contributed by atoms with Crippen LogP contribution in [0.25, 0.3) is 0 Å². The van der Waals surface area contributed by atoms with Gasteiger partial charge in [0.15, 0.2) is 0 Å². The Hall–Kier alpha value is -1.62. The molecular formula is C12H19N3O2. The van der Waals surface area contributed by atoms with Crippen molar-refractivity contribution in [3.8, 4) is 0 Å². The van der Waals surface area contributed by atoms with Crippen LogP contribution >= 0.6 is 0 Å². The summed E-state index contributed by atoms with van der Waals surface area (Å²) in [5.41, 5.74) is 1.31. The van der Waals surface area contributed by atoms with E-state index < -0.39 is 0 Å². The van der Waals surface area contributed by atoms with Crippen molar-refractivity contribution in [2.75, 3.05) is 25.5 Å². The lowest BCUT2D eigenvalue weighted by molar-refractivity contribution is 0.0747. The standard InChI is InChI=1S/C12H19N3O2/c1-9(2)17-7-6-15-12(16)10-4-5-14-8-11(10)13-3/h4-5,8-9,13H,6-7H2,1-3H3,(H,15,16). The van der Waals surface area contributed by atoms with E-state index in [1.165, 1.54) is 0 Å². The summed E-state index contributed by atoms with van der Waals surface area (Å²) in [7, 11) is 1.76. The molecule has 1 aromatic rings. The fourth-order valence-corrected chi connectivity index (χ4v) is 1.35. The first-order valence-electron chi connectivity index (χ1n) is 5.66. The van der Waals surface area contributed by atoms with E-state index in [4.69, 9.17) is 4.74 Å². The van der Waals surface area contributed by atoms with Crippen molar-refractivity contribution < 1.29 is 9.53 Å². The van der Waals surface area contributed by atoms with Gasteiger partial charge >= 0.3 is 0 Å². The average Bonchev–Trinajstić information content (AvgIpc) is 2.34. The van der Waals surface area contributed by atoms with Crippen LogP contribution in [0.1, 0.15) is 24.2 Å². The highest BCUT2D eigenvalue weighted by molar-refractivity contribution is 5.99. The van der Waals surface area contributed by atoms with Crippen LogP contribution in [-0.2, 0) is 4.74 Å². The van der Waals surface area contributed by atoms with Gasteiger partial charge in [-0.25, -0.2) is 0 Å². The third-order valence-corrected chi connectivity index (χ3v) is 2.17. The number of carbonyl (C=O) groups is 1. The molecule has 0 fully saturated rings. The number of pyridine rings is 1. The normalized spacial score (nSPS) is 10.4. The smallest absolute Gasteiger partial charge is 0.253 e. The molecule has 1 aromatic heterocycles. The number of anilines is 1. The highest BCUT2D eigenvalue weighted by Gasteiger charge is 2.09. The molecule has 5 nitrogen and oxygen atoms in total. The number of ether oxygens (including phenoxy) is 1. The van der Waals surface area contributed by atoms with E-state index in [2.05, 4.69) is 15.6 Å². The number of rotatable bonds is 6. The van der Waals surface area contributed by atoms with Crippen LogP contribution in [0.15, 0.2) is 18.5 Å². The van der Waals surface area contributed by atoms with Gasteiger partial charge in [0.25, 0.3) is 5.91 Å². The molecule has 0 saturated heterocycles. The van der Waals surface area contributed by atoms with E-state index >= 15 is 0 Å². The molecule has 0 aliphatic heterocycles. The molecule has 0 aromatic carbocycles. The van der Waals surface area contributed by atoms with E-state index in [9.17, 15) is 4.79 Å². The summed E-state index contributed by atoms with van der Waals surface area (Å²) in [5, 5.41) is 5.73. The van der Waals surface area contributed by atoms with Gasteiger partial charge in [-0.15, -0.1) is 0 Å². The monoisotopic (exact) mass is 237 g/mol. The van der Waals surface area contributed by atoms with Crippen LogP contribution in [0.2, 0.25) is 0 Å². The largest absolute Gasteiger partial charge is 0.386 e. The van der Waals surface area contributed by atoms with Crippen LogP contribution in [0.5, 0.6) is 0 Å². The van der Waals surface area contributed by atoms with Gasteiger partial charge in [-0.1, -0.05) is 0 Å². The van der Waals surface area contributed by atoms with Gasteiger partial charge in [0, 0.05) is 19.8 Å². The third kappa shape index (κ3) is 4.40. The lowest BCUT2D eigenvalue weighted by atomic mass is 10.2. The van der Waals surface area contributed by atoms with Crippen molar-refractivity contribution in [3.05, 3.63) is 24.0 Å². The Labute approximate surface area is 102 Å². The Morgan fingerprint density at radius 1 is 1.53 bits per heavy atom. The van der Waals surface area contributed by atoms with Gasteiger partial charge in [-0.3, -0.25) is 9.78 Å². The molecule has 94 valence electrons. The van der Waals surface area contributed by atoms with Gasteiger partial charge in [0.05, 0.1) is 30.2 Å². The fourth-order valence-electron chi connectivity index (χ4n) is 1.35. The van der Waals surface area contributed by atoms with E-state index in [-0.39, 0.29) is 12.0 Å². The van der Waals surface area contributed by atoms with Crippen molar-refractivity contribution in [1.29, 1.82) is 0 Å². The molecule has 1 amide bonds. The minimum Gasteiger partial charge on any atom is -0.386 e. The van der Waals surface area contributed by atoms with Gasteiger partial charge in [-0.2, -0.15) is 0 Å². The maximum Gasteiger partial charge on any atom is 0.253 e. The molecule has 0 aliphatic carbocycles. The van der Waals surface area contributed by atoms with Crippen molar-refractivity contribution in [2.45, 2.75) is 20.0 Å². The summed E-state index contributed by atoms with van der Waals surface area (Å²) in [5.74, 6) is -0.121. The molecule has 0 radical (unpaired) electrons. The van der Waals surface area contributed by atoms with Gasteiger partial charge in [0.2, 0.25) is 0 Å². The maximum absolute atomic E-state index is 11.8. The molecule has 1 rings (SSSR count). The highest BCUT2D eigenvalue weighted by Crippen LogP contribution is 2.11. The first kappa shape index (κ1) is 13.4. The Morgan fingerprint density at radius 2 is 2.29 bits per heavy atom. The lowest BCUT2D eigenvalue weighted by Gasteiger charge is -2.10. The maximum atomic E-state index is 11.8. The quantitative estimate of drug-likeness (QED) is 0.732. The predicted molar refractivity (Wildman–Crippen MR) is 67.2 cm³/mol. The van der Waals surface area contributed by atoms with E-state index in [1.807, 2.05) is 13.8 Å². The van der Waals surface area contributed by atoms with E-state index in [0.717, 1.165) is 5.69 Å². The molecule has 0 bridgehead atoms. The Morgan fingerprint density at radius 3 is 2.94 bits per heavy atom. The third-order valence-electron chi connectivity index (χ3n) is 2.17. The molecule has 5 heteroatoms. The summed E-state index contributed by atoms with van der Waals surface area (Å²) in [6.45, 7) is 4.94. The summed E-state index contributed by atoms with van der Waals surface area (Å²) >= 11 is 0. The van der Waals surface area contributed by atoms with Gasteiger partial charge in [-0.05, 0) is 19.9 Å². The van der Waals surface area contributed by atoms with Crippen LogP contribution in [-0.4, -0.2) is 37.2 Å². The first-order valence-corrected chi connectivity index (χ1v) is 5.66. The van der Waals surface area contributed by atoms with Crippen LogP contribution in [0.3, 0.4) is 0 Å². The summed E-state index contributed by atoms with van der Waals surface area (Å²) in [4.78, 5) is 15.8. The SMILES string of the molecule is CNc1cnccc1C(=O)NCCOC(C)C. The molecular weight excluding hydrogens is 218 g/mol. The number of carbonyl (C=O) groups excluding carboxylic acids is 1. The average molecular weight is 237 g/mol.